The third-order valence-electron chi connectivity index (χ3n) is 5.03. The number of benzene rings is 2. The van der Waals surface area contributed by atoms with Gasteiger partial charge in [-0.3, -0.25) is 10.1 Å². The molecule has 1 aromatic heterocycles. The van der Waals surface area contributed by atoms with E-state index < -0.39 is 0 Å². The molecule has 1 aliphatic rings. The molecule has 6 nitrogen and oxygen atoms in total. The van der Waals surface area contributed by atoms with Crippen LogP contribution in [0.4, 0.5) is 5.95 Å². The van der Waals surface area contributed by atoms with Crippen LogP contribution in [0.3, 0.4) is 0 Å². The van der Waals surface area contributed by atoms with Gasteiger partial charge in [0.05, 0.1) is 10.6 Å². The molecule has 4 rings (SSSR count). The van der Waals surface area contributed by atoms with E-state index in [0.29, 0.717) is 22.5 Å². The second-order valence-corrected chi connectivity index (χ2v) is 7.36. The Morgan fingerprint density at radius 1 is 1.14 bits per heavy atom. The molecule has 144 valence electrons. The lowest BCUT2D eigenvalue weighted by Gasteiger charge is -2.19. The molecule has 1 saturated heterocycles. The maximum atomic E-state index is 12.9. The van der Waals surface area contributed by atoms with Crippen LogP contribution >= 0.6 is 11.6 Å². The minimum absolute atomic E-state index is 0.296. The molecule has 2 aromatic carbocycles. The van der Waals surface area contributed by atoms with Gasteiger partial charge < -0.3 is 5.32 Å². The molecule has 2 N–H and O–H groups in total. The summed E-state index contributed by atoms with van der Waals surface area (Å²) in [6.07, 6.45) is 2.00. The van der Waals surface area contributed by atoms with Crippen LogP contribution in [0.2, 0.25) is 5.02 Å². The Bertz CT molecular complexity index is 980. The van der Waals surface area contributed by atoms with Gasteiger partial charge in [0.1, 0.15) is 0 Å². The molecular formula is C21H22ClN5O. The largest absolute Gasteiger partial charge is 0.317 e. The first-order valence-electron chi connectivity index (χ1n) is 9.40. The fourth-order valence-corrected chi connectivity index (χ4v) is 3.65. The van der Waals surface area contributed by atoms with Gasteiger partial charge in [-0.15, -0.1) is 0 Å². The van der Waals surface area contributed by atoms with Gasteiger partial charge in [0.25, 0.3) is 5.91 Å². The highest BCUT2D eigenvalue weighted by Crippen LogP contribution is 2.27. The average molecular weight is 396 g/mol. The van der Waals surface area contributed by atoms with Crippen LogP contribution in [0.25, 0.3) is 11.1 Å². The number of aromatic nitrogens is 3. The maximum Gasteiger partial charge on any atom is 0.259 e. The Morgan fingerprint density at radius 2 is 1.89 bits per heavy atom. The topological polar surface area (TPSA) is 71.8 Å². The van der Waals surface area contributed by atoms with Gasteiger partial charge >= 0.3 is 0 Å². The fourth-order valence-electron chi connectivity index (χ4n) is 3.44. The first kappa shape index (κ1) is 18.7. The van der Waals surface area contributed by atoms with Crippen molar-refractivity contribution in [3.05, 3.63) is 64.9 Å². The first-order chi connectivity index (χ1) is 13.6. The molecule has 1 aliphatic heterocycles. The minimum Gasteiger partial charge on any atom is -0.317 e. The number of nitrogens with zero attached hydrogens (tertiary/aromatic N) is 3. The molecule has 2 heterocycles. The molecule has 0 aliphatic carbocycles. The molecular weight excluding hydrogens is 374 g/mol. The van der Waals surface area contributed by atoms with Crippen LogP contribution in [-0.4, -0.2) is 33.8 Å². The number of hydrogen-bond acceptors (Lipinski definition) is 4. The highest BCUT2D eigenvalue weighted by atomic mass is 35.5. The smallest absolute Gasteiger partial charge is 0.259 e. The molecule has 0 saturated carbocycles. The summed E-state index contributed by atoms with van der Waals surface area (Å²) in [5.41, 5.74) is 2.37. The molecule has 1 fully saturated rings. The lowest BCUT2D eigenvalue weighted by Crippen LogP contribution is -2.27. The van der Waals surface area contributed by atoms with Crippen LogP contribution in [0.1, 0.15) is 34.9 Å². The molecule has 0 radical (unpaired) electrons. The van der Waals surface area contributed by atoms with Crippen molar-refractivity contribution in [2.45, 2.75) is 18.8 Å². The van der Waals surface area contributed by atoms with E-state index in [9.17, 15) is 4.79 Å². The van der Waals surface area contributed by atoms with E-state index in [1.54, 1.807) is 23.9 Å². The quantitative estimate of drug-likeness (QED) is 0.703. The zero-order valence-electron chi connectivity index (χ0n) is 15.7. The Morgan fingerprint density at radius 3 is 2.64 bits per heavy atom. The van der Waals surface area contributed by atoms with E-state index in [4.69, 9.17) is 11.6 Å². The number of halogens is 1. The highest BCUT2D eigenvalue weighted by Gasteiger charge is 2.22. The Hall–Kier alpha value is -2.70. The SMILES string of the molecule is Cn1nc(C2CCNCC2)nc1NC(=O)c1cc(-c2ccccc2)ccc1Cl. The van der Waals surface area contributed by atoms with Crippen LogP contribution in [0, 0.1) is 0 Å². The lowest BCUT2D eigenvalue weighted by molar-refractivity contribution is 0.102. The minimum atomic E-state index is -0.296. The first-order valence-corrected chi connectivity index (χ1v) is 9.77. The number of nitrogens with one attached hydrogen (secondary N) is 2. The van der Waals surface area contributed by atoms with Crippen molar-refractivity contribution < 1.29 is 4.79 Å². The number of amides is 1. The predicted molar refractivity (Wildman–Crippen MR) is 111 cm³/mol. The van der Waals surface area contributed by atoms with E-state index in [1.165, 1.54) is 0 Å². The number of anilines is 1. The fraction of sp³-hybridized carbons (Fsp3) is 0.286. The maximum absolute atomic E-state index is 12.9. The Balaban J connectivity index is 1.56. The van der Waals surface area contributed by atoms with E-state index in [0.717, 1.165) is 42.9 Å². The number of carbonyl (C=O) groups excluding carboxylic acids is 1. The zero-order valence-corrected chi connectivity index (χ0v) is 16.4. The van der Waals surface area contributed by atoms with Gasteiger partial charge in [-0.05, 0) is 49.2 Å². The van der Waals surface area contributed by atoms with E-state index in [1.807, 2.05) is 36.4 Å². The molecule has 7 heteroatoms. The van der Waals surface area contributed by atoms with Gasteiger partial charge in [-0.2, -0.15) is 10.1 Å². The molecule has 0 spiro atoms. The van der Waals surface area contributed by atoms with E-state index in [-0.39, 0.29) is 5.91 Å². The van der Waals surface area contributed by atoms with Crippen LogP contribution in [0.5, 0.6) is 0 Å². The summed E-state index contributed by atoms with van der Waals surface area (Å²) < 4.78 is 1.62. The molecule has 3 aromatic rings. The highest BCUT2D eigenvalue weighted by molar-refractivity contribution is 6.34. The number of carbonyl (C=O) groups is 1. The third kappa shape index (κ3) is 3.93. The third-order valence-corrected chi connectivity index (χ3v) is 5.36. The summed E-state index contributed by atoms with van der Waals surface area (Å²) in [4.78, 5) is 17.4. The summed E-state index contributed by atoms with van der Waals surface area (Å²) in [5, 5.41) is 11.1. The van der Waals surface area contributed by atoms with Crippen molar-refractivity contribution >= 4 is 23.5 Å². The van der Waals surface area contributed by atoms with Crippen molar-refractivity contribution in [1.82, 2.24) is 20.1 Å². The summed E-state index contributed by atoms with van der Waals surface area (Å²) in [6.45, 7) is 1.93. The Kier molecular flexibility index (Phi) is 5.41. The van der Waals surface area contributed by atoms with Gasteiger partial charge in [-0.1, -0.05) is 48.0 Å². The molecule has 0 unspecified atom stereocenters. The molecule has 0 bridgehead atoms. The molecule has 28 heavy (non-hydrogen) atoms. The van der Waals surface area contributed by atoms with Crippen molar-refractivity contribution in [2.75, 3.05) is 18.4 Å². The predicted octanol–water partition coefficient (Wildman–Crippen LogP) is 3.85. The number of rotatable bonds is 4. The molecule has 1 amide bonds. The zero-order chi connectivity index (χ0) is 19.5. The van der Waals surface area contributed by atoms with E-state index >= 15 is 0 Å². The second-order valence-electron chi connectivity index (χ2n) is 6.96. The Labute approximate surface area is 168 Å². The number of aryl methyl sites for hydroxylation is 1. The molecule has 0 atom stereocenters. The summed E-state index contributed by atoms with van der Waals surface area (Å²) >= 11 is 6.30. The van der Waals surface area contributed by atoms with E-state index in [2.05, 4.69) is 20.7 Å². The summed E-state index contributed by atoms with van der Waals surface area (Å²) in [6, 6.07) is 15.3. The second kappa shape index (κ2) is 8.12. The van der Waals surface area contributed by atoms with Gasteiger partial charge in [0, 0.05) is 13.0 Å². The van der Waals surface area contributed by atoms with Crippen molar-refractivity contribution in [2.24, 2.45) is 7.05 Å². The lowest BCUT2D eigenvalue weighted by atomic mass is 9.98. The summed E-state index contributed by atoms with van der Waals surface area (Å²) in [5.74, 6) is 1.24. The average Bonchev–Trinajstić information content (AvgIpc) is 3.10. The summed E-state index contributed by atoms with van der Waals surface area (Å²) in [7, 11) is 1.79. The van der Waals surface area contributed by atoms with Crippen molar-refractivity contribution in [3.8, 4) is 11.1 Å². The van der Waals surface area contributed by atoms with Gasteiger partial charge in [0.2, 0.25) is 5.95 Å². The van der Waals surface area contributed by atoms with Crippen LogP contribution in [-0.2, 0) is 7.05 Å². The van der Waals surface area contributed by atoms with Gasteiger partial charge in [-0.25, -0.2) is 4.68 Å². The standard InChI is InChI=1S/C21H22ClN5O/c1-27-21(24-19(26-27)15-9-11-23-12-10-15)25-20(28)17-13-16(7-8-18(17)22)14-5-3-2-4-6-14/h2-8,13,15,23H,9-12H2,1H3,(H,24,25,26,28). The normalized spacial score (nSPS) is 14.8. The number of piperidine rings is 1. The van der Waals surface area contributed by atoms with Gasteiger partial charge in [0.15, 0.2) is 5.82 Å². The van der Waals surface area contributed by atoms with Crippen LogP contribution < -0.4 is 10.6 Å². The monoisotopic (exact) mass is 395 g/mol. The van der Waals surface area contributed by atoms with Crippen LogP contribution in [0.15, 0.2) is 48.5 Å². The van der Waals surface area contributed by atoms with Crippen molar-refractivity contribution in [1.29, 1.82) is 0 Å². The number of hydrogen-bond donors (Lipinski definition) is 2. The van der Waals surface area contributed by atoms with Crippen molar-refractivity contribution in [3.63, 3.8) is 0 Å².